The second-order valence-corrected chi connectivity index (χ2v) is 7.16. The minimum Gasteiger partial charge on any atom is -0.367 e. The molecule has 0 unspecified atom stereocenters. The van der Waals surface area contributed by atoms with Crippen molar-refractivity contribution in [3.63, 3.8) is 0 Å². The molecule has 2 aliphatic rings. The van der Waals surface area contributed by atoms with Crippen LogP contribution in [0.25, 0.3) is 0 Å². The van der Waals surface area contributed by atoms with E-state index in [1.54, 1.807) is 12.4 Å². The number of piperazine rings is 1. The fraction of sp³-hybridized carbons (Fsp3) is 0.579. The smallest absolute Gasteiger partial charge is 0.225 e. The minimum atomic E-state index is 0.554. The van der Waals surface area contributed by atoms with Gasteiger partial charge in [0.1, 0.15) is 17.5 Å². The van der Waals surface area contributed by atoms with Crippen LogP contribution < -0.4 is 15.1 Å². The van der Waals surface area contributed by atoms with E-state index >= 15 is 0 Å². The van der Waals surface area contributed by atoms with Gasteiger partial charge in [-0.1, -0.05) is 19.3 Å². The highest BCUT2D eigenvalue weighted by molar-refractivity contribution is 5.51. The second kappa shape index (κ2) is 7.85. The Labute approximate surface area is 154 Å². The van der Waals surface area contributed by atoms with Crippen LogP contribution in [0.2, 0.25) is 0 Å². The second-order valence-electron chi connectivity index (χ2n) is 7.16. The number of nitrogens with one attached hydrogen (secondary N) is 1. The monoisotopic (exact) mass is 353 g/mol. The number of nitrogens with zero attached hydrogens (tertiary/aromatic N) is 6. The first-order valence-corrected chi connectivity index (χ1v) is 9.67. The summed E-state index contributed by atoms with van der Waals surface area (Å²) in [5.74, 6) is 3.62. The van der Waals surface area contributed by atoms with Gasteiger partial charge >= 0.3 is 0 Å². The molecule has 7 heteroatoms. The largest absolute Gasteiger partial charge is 0.367 e. The number of hydrogen-bond acceptors (Lipinski definition) is 7. The molecule has 3 heterocycles. The maximum Gasteiger partial charge on any atom is 0.225 e. The topological polar surface area (TPSA) is 70.1 Å². The quantitative estimate of drug-likeness (QED) is 0.906. The molecule has 0 radical (unpaired) electrons. The Kier molecular flexibility index (Phi) is 5.13. The minimum absolute atomic E-state index is 0.554. The molecule has 0 aromatic carbocycles. The summed E-state index contributed by atoms with van der Waals surface area (Å²) in [5.41, 5.74) is 0. The highest BCUT2D eigenvalue weighted by Gasteiger charge is 2.21. The number of aromatic nitrogens is 4. The fourth-order valence-corrected chi connectivity index (χ4v) is 3.83. The third-order valence-electron chi connectivity index (χ3n) is 5.22. The summed E-state index contributed by atoms with van der Waals surface area (Å²) in [6.45, 7) is 5.61. The van der Waals surface area contributed by atoms with Gasteiger partial charge in [0.05, 0.1) is 0 Å². The molecule has 1 saturated heterocycles. The zero-order valence-electron chi connectivity index (χ0n) is 15.4. The number of aryl methyl sites for hydroxylation is 1. The average molecular weight is 353 g/mol. The lowest BCUT2D eigenvalue weighted by Gasteiger charge is -2.35. The summed E-state index contributed by atoms with van der Waals surface area (Å²) in [5, 5.41) is 3.63. The Morgan fingerprint density at radius 2 is 1.62 bits per heavy atom. The van der Waals surface area contributed by atoms with Crippen molar-refractivity contribution in [2.45, 2.75) is 45.1 Å². The molecule has 0 spiro atoms. The lowest BCUT2D eigenvalue weighted by Crippen LogP contribution is -2.47. The molecular weight excluding hydrogens is 326 g/mol. The third-order valence-corrected chi connectivity index (χ3v) is 5.22. The van der Waals surface area contributed by atoms with Crippen molar-refractivity contribution in [3.8, 4) is 0 Å². The van der Waals surface area contributed by atoms with E-state index in [9.17, 15) is 0 Å². The number of rotatable bonds is 4. The van der Waals surface area contributed by atoms with E-state index in [1.807, 2.05) is 13.0 Å². The van der Waals surface area contributed by atoms with Gasteiger partial charge in [0.15, 0.2) is 0 Å². The van der Waals surface area contributed by atoms with Gasteiger partial charge < -0.3 is 15.1 Å². The van der Waals surface area contributed by atoms with Crippen molar-refractivity contribution in [2.24, 2.45) is 0 Å². The predicted octanol–water partition coefficient (Wildman–Crippen LogP) is 2.65. The Hall–Kier alpha value is -2.44. The van der Waals surface area contributed by atoms with Crippen LogP contribution in [0.4, 0.5) is 17.6 Å². The molecule has 1 aliphatic carbocycles. The van der Waals surface area contributed by atoms with Gasteiger partial charge in [-0.05, 0) is 25.8 Å². The molecular formula is C19H27N7. The molecule has 4 rings (SSSR count). The molecule has 1 aliphatic heterocycles. The van der Waals surface area contributed by atoms with Crippen LogP contribution in [0.1, 0.15) is 37.9 Å². The molecule has 1 saturated carbocycles. The lowest BCUT2D eigenvalue weighted by molar-refractivity contribution is 0.461. The Bertz CT molecular complexity index is 707. The maximum absolute atomic E-state index is 4.67. The van der Waals surface area contributed by atoms with Gasteiger partial charge in [-0.15, -0.1) is 0 Å². The van der Waals surface area contributed by atoms with Crippen molar-refractivity contribution in [2.75, 3.05) is 41.3 Å². The van der Waals surface area contributed by atoms with E-state index < -0.39 is 0 Å². The van der Waals surface area contributed by atoms with Crippen molar-refractivity contribution < 1.29 is 0 Å². The summed E-state index contributed by atoms with van der Waals surface area (Å²) < 4.78 is 0. The first-order chi connectivity index (χ1) is 12.8. The Balaban J connectivity index is 1.41. The van der Waals surface area contributed by atoms with Gasteiger partial charge in [0, 0.05) is 50.7 Å². The van der Waals surface area contributed by atoms with E-state index in [4.69, 9.17) is 0 Å². The van der Waals surface area contributed by atoms with Crippen LogP contribution in [-0.2, 0) is 0 Å². The Morgan fingerprint density at radius 1 is 0.923 bits per heavy atom. The highest BCUT2D eigenvalue weighted by Crippen LogP contribution is 2.23. The van der Waals surface area contributed by atoms with E-state index in [0.29, 0.717) is 6.04 Å². The van der Waals surface area contributed by atoms with Crippen molar-refractivity contribution in [1.29, 1.82) is 0 Å². The number of anilines is 3. The predicted molar refractivity (Wildman–Crippen MR) is 104 cm³/mol. The molecule has 0 amide bonds. The summed E-state index contributed by atoms with van der Waals surface area (Å²) in [7, 11) is 0. The van der Waals surface area contributed by atoms with Crippen LogP contribution >= 0.6 is 0 Å². The van der Waals surface area contributed by atoms with Crippen molar-refractivity contribution in [1.82, 2.24) is 19.9 Å². The van der Waals surface area contributed by atoms with Gasteiger partial charge in [-0.2, -0.15) is 0 Å². The summed E-state index contributed by atoms with van der Waals surface area (Å²) in [6.07, 6.45) is 10.1. The SMILES string of the molecule is Cc1nc(NC2CCCCC2)cc(N2CCN(c3ncccn3)CC2)n1. The standard InChI is InChI=1S/C19H27N7/c1-15-22-17(24-16-6-3-2-4-7-16)14-18(23-15)25-10-12-26(13-11-25)19-20-8-5-9-21-19/h5,8-9,14,16H,2-4,6-7,10-13H2,1H3,(H,22,23,24). The van der Waals surface area contributed by atoms with Crippen LogP contribution in [0.15, 0.2) is 24.5 Å². The molecule has 7 nitrogen and oxygen atoms in total. The third kappa shape index (κ3) is 4.03. The molecule has 0 bridgehead atoms. The zero-order chi connectivity index (χ0) is 17.8. The average Bonchev–Trinajstić information content (AvgIpc) is 2.69. The highest BCUT2D eigenvalue weighted by atomic mass is 15.3. The van der Waals surface area contributed by atoms with Gasteiger partial charge in [-0.3, -0.25) is 0 Å². The Morgan fingerprint density at radius 3 is 2.35 bits per heavy atom. The molecule has 26 heavy (non-hydrogen) atoms. The molecule has 2 fully saturated rings. The van der Waals surface area contributed by atoms with Crippen molar-refractivity contribution in [3.05, 3.63) is 30.4 Å². The van der Waals surface area contributed by atoms with E-state index in [-0.39, 0.29) is 0 Å². The van der Waals surface area contributed by atoms with E-state index in [2.05, 4.69) is 41.1 Å². The van der Waals surface area contributed by atoms with Crippen LogP contribution in [-0.4, -0.2) is 52.2 Å². The lowest BCUT2D eigenvalue weighted by atomic mass is 9.95. The molecule has 2 aromatic rings. The summed E-state index contributed by atoms with van der Waals surface area (Å²) in [6, 6.07) is 4.51. The first kappa shape index (κ1) is 17.0. The molecule has 138 valence electrons. The number of hydrogen-bond donors (Lipinski definition) is 1. The normalized spacial score (nSPS) is 18.8. The van der Waals surface area contributed by atoms with Gasteiger partial charge in [0.25, 0.3) is 0 Å². The molecule has 0 atom stereocenters. The first-order valence-electron chi connectivity index (χ1n) is 9.67. The van der Waals surface area contributed by atoms with Gasteiger partial charge in [-0.25, -0.2) is 19.9 Å². The zero-order valence-corrected chi connectivity index (χ0v) is 15.4. The van der Waals surface area contributed by atoms with Crippen LogP contribution in [0.5, 0.6) is 0 Å². The maximum atomic E-state index is 4.67. The molecule has 2 aromatic heterocycles. The summed E-state index contributed by atoms with van der Waals surface area (Å²) in [4.78, 5) is 22.5. The van der Waals surface area contributed by atoms with Gasteiger partial charge in [0.2, 0.25) is 5.95 Å². The van der Waals surface area contributed by atoms with E-state index in [0.717, 1.165) is 49.6 Å². The van der Waals surface area contributed by atoms with Crippen molar-refractivity contribution >= 4 is 17.6 Å². The summed E-state index contributed by atoms with van der Waals surface area (Å²) >= 11 is 0. The van der Waals surface area contributed by atoms with Crippen LogP contribution in [0, 0.1) is 6.92 Å². The fourth-order valence-electron chi connectivity index (χ4n) is 3.83. The molecule has 1 N–H and O–H groups in total. The van der Waals surface area contributed by atoms with Crippen LogP contribution in [0.3, 0.4) is 0 Å². The van der Waals surface area contributed by atoms with E-state index in [1.165, 1.54) is 32.1 Å².